The lowest BCUT2D eigenvalue weighted by Crippen LogP contribution is -2.54. The number of amides is 3. The summed E-state index contributed by atoms with van der Waals surface area (Å²) in [5, 5.41) is 16.9. The van der Waals surface area contributed by atoms with E-state index in [0.717, 1.165) is 88.6 Å². The first-order chi connectivity index (χ1) is 27.5. The number of nitrogens with one attached hydrogen (secondary N) is 4. The SMILES string of the molecule is COC(=O)N[C@@H](C(C)C)C(O)N1CCC[C@H]1c1ncc(-c2ccc(-c3ccc(-c4[nH]c([C@@H]5CCCN5C(=O)[C@@H](NC(=O)OC)C(C)C)c5c4OCC5)cc3)cc2)[nH]1. The first-order valence-electron chi connectivity index (χ1n) is 20.1. The summed E-state index contributed by atoms with van der Waals surface area (Å²) >= 11 is 0. The van der Waals surface area contributed by atoms with Crippen LogP contribution in [0, 0.1) is 11.8 Å². The predicted molar refractivity (Wildman–Crippen MR) is 215 cm³/mol. The lowest BCUT2D eigenvalue weighted by molar-refractivity contribution is -0.135. The van der Waals surface area contributed by atoms with Gasteiger partial charge in [0.25, 0.3) is 0 Å². The molecule has 4 aromatic rings. The number of aromatic amines is 2. The Morgan fingerprint density at radius 1 is 0.825 bits per heavy atom. The molecule has 5 heterocycles. The second-order valence-electron chi connectivity index (χ2n) is 15.9. The average Bonchev–Trinajstić information content (AvgIpc) is 4.07. The van der Waals surface area contributed by atoms with Gasteiger partial charge in [-0.15, -0.1) is 0 Å². The highest BCUT2D eigenvalue weighted by Crippen LogP contribution is 2.45. The normalized spacial score (nSPS) is 19.6. The molecule has 304 valence electrons. The van der Waals surface area contributed by atoms with E-state index in [1.165, 1.54) is 14.2 Å². The van der Waals surface area contributed by atoms with Crippen LogP contribution in [0.25, 0.3) is 33.6 Å². The highest BCUT2D eigenvalue weighted by molar-refractivity contribution is 5.87. The van der Waals surface area contributed by atoms with Crippen LogP contribution in [0.3, 0.4) is 0 Å². The van der Waals surface area contributed by atoms with Gasteiger partial charge in [-0.05, 0) is 54.2 Å². The number of alkyl carbamates (subject to hydrolysis) is 2. The van der Waals surface area contributed by atoms with E-state index in [9.17, 15) is 19.5 Å². The summed E-state index contributed by atoms with van der Waals surface area (Å²) in [5.41, 5.74) is 8.07. The molecular formula is C43H55N7O7. The van der Waals surface area contributed by atoms with E-state index in [1.807, 2.05) is 43.7 Å². The fourth-order valence-electron chi connectivity index (χ4n) is 8.61. The Hall–Kier alpha value is -5.34. The summed E-state index contributed by atoms with van der Waals surface area (Å²) in [5.74, 6) is 1.42. The third-order valence-electron chi connectivity index (χ3n) is 11.7. The quantitative estimate of drug-likeness (QED) is 0.107. The van der Waals surface area contributed by atoms with Crippen LogP contribution in [0.1, 0.15) is 82.5 Å². The zero-order chi connectivity index (χ0) is 40.4. The highest BCUT2D eigenvalue weighted by atomic mass is 16.5. The number of aliphatic hydroxyl groups is 1. The van der Waals surface area contributed by atoms with Crippen molar-refractivity contribution in [3.8, 4) is 39.4 Å². The number of aromatic nitrogens is 3. The van der Waals surface area contributed by atoms with Gasteiger partial charge in [0.05, 0.1) is 56.5 Å². The standard InChI is InChI=1S/C43H55N7O7/c1-24(2)34(47-42(53)55-5)40(51)49-20-7-9-32(49)37-30-19-22-57-38(30)36(46-37)29-17-13-27(14-18-29)26-11-15-28(16-12-26)31-23-44-39(45-31)33-10-8-21-50(33)41(52)35(25(3)4)48-43(54)56-6/h11-18,23-25,32-35,41,46,52H,7-10,19-22H2,1-6H3,(H,44,45)(H,47,53)(H,48,54)/t32-,33-,34-,35-,41?/m0/s1. The van der Waals surface area contributed by atoms with Crippen LogP contribution in [0.4, 0.5) is 9.59 Å². The lowest BCUT2D eigenvalue weighted by atomic mass is 10.00. The van der Waals surface area contributed by atoms with Gasteiger partial charge in [-0.25, -0.2) is 14.6 Å². The van der Waals surface area contributed by atoms with Crippen molar-refractivity contribution in [1.29, 1.82) is 0 Å². The molecule has 0 saturated carbocycles. The minimum atomic E-state index is -0.891. The third-order valence-corrected chi connectivity index (χ3v) is 11.7. The molecule has 1 unspecified atom stereocenters. The van der Waals surface area contributed by atoms with Crippen LogP contribution >= 0.6 is 0 Å². The number of methoxy groups -OCH3 is 2. The van der Waals surface area contributed by atoms with Crippen molar-refractivity contribution in [2.45, 2.75) is 90.2 Å². The molecule has 0 spiro atoms. The molecule has 5 atom stereocenters. The summed E-state index contributed by atoms with van der Waals surface area (Å²) < 4.78 is 15.8. The Kier molecular flexibility index (Phi) is 11.9. The second kappa shape index (κ2) is 17.0. The molecule has 2 saturated heterocycles. The number of likely N-dealkylation sites (tertiary alicyclic amines) is 2. The molecule has 7 rings (SSSR count). The fraction of sp³-hybridized carbons (Fsp3) is 0.488. The van der Waals surface area contributed by atoms with Crippen molar-refractivity contribution in [2.24, 2.45) is 11.8 Å². The Morgan fingerprint density at radius 3 is 2.09 bits per heavy atom. The van der Waals surface area contributed by atoms with Crippen molar-refractivity contribution in [3.63, 3.8) is 0 Å². The van der Waals surface area contributed by atoms with E-state index in [2.05, 4.69) is 69.1 Å². The summed E-state index contributed by atoms with van der Waals surface area (Å²) in [6.07, 6.45) is 3.99. The molecule has 0 bridgehead atoms. The van der Waals surface area contributed by atoms with Crippen LogP contribution in [0.5, 0.6) is 5.75 Å². The van der Waals surface area contributed by atoms with Crippen LogP contribution in [-0.4, -0.2) is 100 Å². The van der Waals surface area contributed by atoms with E-state index in [4.69, 9.17) is 19.2 Å². The van der Waals surface area contributed by atoms with Crippen LogP contribution < -0.4 is 15.4 Å². The van der Waals surface area contributed by atoms with Gasteiger partial charge in [0.15, 0.2) is 0 Å². The van der Waals surface area contributed by atoms with Gasteiger partial charge in [-0.2, -0.15) is 0 Å². The molecule has 3 aliphatic rings. The van der Waals surface area contributed by atoms with Crippen molar-refractivity contribution >= 4 is 18.1 Å². The maximum atomic E-state index is 13.8. The Labute approximate surface area is 333 Å². The molecule has 0 aliphatic carbocycles. The van der Waals surface area contributed by atoms with Crippen molar-refractivity contribution in [3.05, 3.63) is 71.8 Å². The fourth-order valence-corrected chi connectivity index (χ4v) is 8.61. The van der Waals surface area contributed by atoms with E-state index in [1.54, 1.807) is 0 Å². The monoisotopic (exact) mass is 781 g/mol. The van der Waals surface area contributed by atoms with E-state index < -0.39 is 30.5 Å². The predicted octanol–water partition coefficient (Wildman–Crippen LogP) is 6.55. The average molecular weight is 782 g/mol. The minimum absolute atomic E-state index is 0.00671. The number of imidazole rings is 1. The minimum Gasteiger partial charge on any atom is -0.491 e. The molecule has 0 radical (unpaired) electrons. The number of hydrogen-bond donors (Lipinski definition) is 5. The molecule has 57 heavy (non-hydrogen) atoms. The topological polar surface area (TPSA) is 174 Å². The molecule has 2 fully saturated rings. The Balaban J connectivity index is 1.05. The number of aliphatic hydroxyl groups excluding tert-OH is 1. The van der Waals surface area contributed by atoms with Gasteiger partial charge < -0.3 is 44.8 Å². The van der Waals surface area contributed by atoms with Crippen molar-refractivity contribution in [1.82, 2.24) is 35.4 Å². The maximum absolute atomic E-state index is 13.8. The number of fused-ring (bicyclic) bond motifs is 1. The number of nitrogens with zero attached hydrogens (tertiary/aromatic N) is 3. The number of hydrogen-bond acceptors (Lipinski definition) is 9. The Morgan fingerprint density at radius 2 is 1.44 bits per heavy atom. The van der Waals surface area contributed by atoms with Gasteiger partial charge in [-0.3, -0.25) is 9.69 Å². The van der Waals surface area contributed by atoms with Crippen LogP contribution in [0.15, 0.2) is 54.7 Å². The van der Waals surface area contributed by atoms with Crippen molar-refractivity contribution in [2.75, 3.05) is 33.9 Å². The molecule has 14 nitrogen and oxygen atoms in total. The molecule has 3 aliphatic heterocycles. The molecule has 3 amide bonds. The van der Waals surface area contributed by atoms with Gasteiger partial charge in [-0.1, -0.05) is 76.2 Å². The third kappa shape index (κ3) is 8.10. The van der Waals surface area contributed by atoms with E-state index in [0.29, 0.717) is 19.7 Å². The van der Waals surface area contributed by atoms with Gasteiger partial charge in [0.2, 0.25) is 5.91 Å². The first kappa shape index (κ1) is 39.9. The molecule has 2 aromatic heterocycles. The number of H-pyrrole nitrogens is 2. The number of carbonyl (C=O) groups excluding carboxylic acids is 3. The summed E-state index contributed by atoms with van der Waals surface area (Å²) in [7, 11) is 2.62. The largest absolute Gasteiger partial charge is 0.491 e. The summed E-state index contributed by atoms with van der Waals surface area (Å²) in [6.45, 7) is 9.67. The zero-order valence-corrected chi connectivity index (χ0v) is 33.6. The highest BCUT2D eigenvalue weighted by Gasteiger charge is 2.40. The lowest BCUT2D eigenvalue weighted by Gasteiger charge is -2.35. The van der Waals surface area contributed by atoms with Crippen LogP contribution in [-0.2, 0) is 20.7 Å². The zero-order valence-electron chi connectivity index (χ0n) is 33.6. The summed E-state index contributed by atoms with van der Waals surface area (Å²) in [6, 6.07) is 15.3. The number of rotatable bonds is 12. The summed E-state index contributed by atoms with van der Waals surface area (Å²) in [4.78, 5) is 53.7. The van der Waals surface area contributed by atoms with Gasteiger partial charge >= 0.3 is 12.2 Å². The smallest absolute Gasteiger partial charge is 0.407 e. The Bertz CT molecular complexity index is 2040. The number of carbonyl (C=O) groups is 3. The van der Waals surface area contributed by atoms with E-state index >= 15 is 0 Å². The second-order valence-corrected chi connectivity index (χ2v) is 15.9. The van der Waals surface area contributed by atoms with Gasteiger partial charge in [0, 0.05) is 36.3 Å². The van der Waals surface area contributed by atoms with Crippen molar-refractivity contribution < 1.29 is 33.7 Å². The molecule has 2 aromatic carbocycles. The molecular weight excluding hydrogens is 727 g/mol. The maximum Gasteiger partial charge on any atom is 0.407 e. The van der Waals surface area contributed by atoms with Crippen LogP contribution in [0.2, 0.25) is 0 Å². The van der Waals surface area contributed by atoms with Gasteiger partial charge in [0.1, 0.15) is 23.8 Å². The first-order valence-corrected chi connectivity index (χ1v) is 20.1. The number of benzene rings is 2. The number of ether oxygens (including phenoxy) is 3. The molecule has 5 N–H and O–H groups in total. The molecule has 14 heteroatoms. The van der Waals surface area contributed by atoms with E-state index in [-0.39, 0.29) is 29.8 Å².